The maximum Gasteiger partial charge on any atom is 0.340 e. The van der Waals surface area contributed by atoms with E-state index in [0.29, 0.717) is 17.3 Å². The summed E-state index contributed by atoms with van der Waals surface area (Å²) in [6.45, 7) is 0.315. The zero-order chi connectivity index (χ0) is 12.0. The third-order valence-electron chi connectivity index (χ3n) is 1.99. The minimum Gasteiger partial charge on any atom is -0.497 e. The molecule has 0 saturated heterocycles. The van der Waals surface area contributed by atoms with Gasteiger partial charge in [-0.05, 0) is 17.7 Å². The smallest absolute Gasteiger partial charge is 0.340 e. The molecule has 0 bridgehead atoms. The van der Waals surface area contributed by atoms with Gasteiger partial charge in [-0.1, -0.05) is 12.1 Å². The molecule has 0 aromatic heterocycles. The topological polar surface area (TPSA) is 71.0 Å². The van der Waals surface area contributed by atoms with Crippen LogP contribution in [0.2, 0.25) is 0 Å². The molecule has 1 aromatic carbocycles. The molecule has 0 aliphatic heterocycles. The third-order valence-corrected chi connectivity index (χ3v) is 1.99. The van der Waals surface area contributed by atoms with Gasteiger partial charge in [-0.25, -0.2) is 4.79 Å². The van der Waals surface area contributed by atoms with Crippen molar-refractivity contribution in [2.45, 2.75) is 6.54 Å². The monoisotopic (exact) mass is 223 g/mol. The molecule has 0 fully saturated rings. The fraction of sp³-hybridized carbons (Fsp3) is 0.300. The zero-order valence-corrected chi connectivity index (χ0v) is 9.14. The van der Waals surface area contributed by atoms with Gasteiger partial charge in [0.25, 0.3) is 0 Å². The van der Waals surface area contributed by atoms with Gasteiger partial charge >= 0.3 is 6.03 Å². The van der Waals surface area contributed by atoms with Crippen molar-refractivity contribution < 1.29 is 9.53 Å². The zero-order valence-electron chi connectivity index (χ0n) is 9.14. The van der Waals surface area contributed by atoms with Crippen molar-refractivity contribution in [1.82, 2.24) is 10.3 Å². The summed E-state index contributed by atoms with van der Waals surface area (Å²) < 4.78 is 5.04. The van der Waals surface area contributed by atoms with Crippen LogP contribution >= 0.6 is 0 Å². The summed E-state index contributed by atoms with van der Waals surface area (Å²) >= 11 is 0. The molecule has 6 nitrogen and oxygen atoms in total. The van der Waals surface area contributed by atoms with Crippen LogP contribution in [0.4, 0.5) is 4.79 Å². The second-order valence-corrected chi connectivity index (χ2v) is 3.12. The average Bonchev–Trinajstić information content (AvgIpc) is 2.35. The predicted molar refractivity (Wildman–Crippen MR) is 58.8 cm³/mol. The minimum absolute atomic E-state index is 0.315. The summed E-state index contributed by atoms with van der Waals surface area (Å²) in [6.07, 6.45) is 0. The predicted octanol–water partition coefficient (Wildman–Crippen LogP) is 1.52. The van der Waals surface area contributed by atoms with E-state index in [4.69, 9.17) is 4.74 Å². The van der Waals surface area contributed by atoms with Gasteiger partial charge in [0.1, 0.15) is 5.75 Å². The molecule has 6 heteroatoms. The molecular formula is C10H13N3O3. The highest BCUT2D eigenvalue weighted by Crippen LogP contribution is 2.12. The lowest BCUT2D eigenvalue weighted by Gasteiger charge is -2.09. The second-order valence-electron chi connectivity index (χ2n) is 3.12. The van der Waals surface area contributed by atoms with Gasteiger partial charge in [0, 0.05) is 13.6 Å². The fourth-order valence-corrected chi connectivity index (χ4v) is 1.11. The molecule has 1 aromatic rings. The first kappa shape index (κ1) is 12.0. The summed E-state index contributed by atoms with van der Waals surface area (Å²) in [4.78, 5) is 21.2. The van der Waals surface area contributed by atoms with Gasteiger partial charge in [-0.15, -0.1) is 4.91 Å². The number of methoxy groups -OCH3 is 1. The Kier molecular flexibility index (Phi) is 4.26. The molecule has 16 heavy (non-hydrogen) atoms. The molecule has 2 amide bonds. The summed E-state index contributed by atoms with van der Waals surface area (Å²) in [6, 6.07) is 6.73. The van der Waals surface area contributed by atoms with Crippen LogP contribution in [0, 0.1) is 4.91 Å². The van der Waals surface area contributed by atoms with Crippen molar-refractivity contribution in [3.05, 3.63) is 34.7 Å². The molecule has 0 aliphatic rings. The van der Waals surface area contributed by atoms with Gasteiger partial charge in [0.05, 0.1) is 12.4 Å². The number of ether oxygens (including phenoxy) is 1. The molecule has 1 rings (SSSR count). The van der Waals surface area contributed by atoms with Crippen molar-refractivity contribution >= 4 is 6.03 Å². The number of nitroso groups, excluding NO2 is 1. The Morgan fingerprint density at radius 2 is 2.31 bits per heavy atom. The lowest BCUT2D eigenvalue weighted by molar-refractivity contribution is 0.209. The highest BCUT2D eigenvalue weighted by atomic mass is 16.5. The number of carbonyl (C=O) groups excluding carboxylic acids is 1. The first-order valence-electron chi connectivity index (χ1n) is 4.65. The van der Waals surface area contributed by atoms with Gasteiger partial charge < -0.3 is 10.1 Å². The second kappa shape index (κ2) is 5.69. The number of hydrogen-bond donors (Lipinski definition) is 1. The summed E-state index contributed by atoms with van der Waals surface area (Å²) in [5, 5.41) is 5.71. The van der Waals surface area contributed by atoms with Crippen LogP contribution in [-0.2, 0) is 6.54 Å². The van der Waals surface area contributed by atoms with E-state index in [-0.39, 0.29) is 0 Å². The van der Waals surface area contributed by atoms with Crippen molar-refractivity contribution in [2.24, 2.45) is 5.29 Å². The Morgan fingerprint density at radius 1 is 1.56 bits per heavy atom. The molecule has 0 saturated carbocycles. The van der Waals surface area contributed by atoms with Crippen molar-refractivity contribution in [3.63, 3.8) is 0 Å². The maximum atomic E-state index is 11.2. The van der Waals surface area contributed by atoms with Crippen LogP contribution in [0.5, 0.6) is 5.75 Å². The number of hydrogen-bond acceptors (Lipinski definition) is 4. The molecule has 0 unspecified atom stereocenters. The number of benzene rings is 1. The van der Waals surface area contributed by atoms with Gasteiger partial charge in [-0.2, -0.15) is 5.01 Å². The molecular weight excluding hydrogens is 210 g/mol. The van der Waals surface area contributed by atoms with E-state index >= 15 is 0 Å². The quantitative estimate of drug-likeness (QED) is 0.621. The Balaban J connectivity index is 2.54. The third kappa shape index (κ3) is 3.23. The maximum absolute atomic E-state index is 11.2. The number of nitrogens with zero attached hydrogens (tertiary/aromatic N) is 2. The number of nitrogens with one attached hydrogen (secondary N) is 1. The summed E-state index contributed by atoms with van der Waals surface area (Å²) in [7, 11) is 2.86. The van der Waals surface area contributed by atoms with E-state index in [9.17, 15) is 9.70 Å². The number of amides is 2. The highest BCUT2D eigenvalue weighted by molar-refractivity contribution is 5.73. The van der Waals surface area contributed by atoms with E-state index in [0.717, 1.165) is 5.56 Å². The van der Waals surface area contributed by atoms with Crippen molar-refractivity contribution in [1.29, 1.82) is 0 Å². The van der Waals surface area contributed by atoms with Crippen LogP contribution in [0.3, 0.4) is 0 Å². The van der Waals surface area contributed by atoms with Gasteiger partial charge in [-0.3, -0.25) is 0 Å². The Morgan fingerprint density at radius 3 is 2.94 bits per heavy atom. The van der Waals surface area contributed by atoms with E-state index in [1.54, 1.807) is 13.2 Å². The van der Waals surface area contributed by atoms with E-state index in [1.807, 2.05) is 18.2 Å². The number of carbonyl (C=O) groups is 1. The van der Waals surface area contributed by atoms with Crippen molar-refractivity contribution in [3.8, 4) is 5.75 Å². The standard InChI is InChI=1S/C10H13N3O3/c1-13(12-15)10(14)11-7-8-4-3-5-9(6-8)16-2/h3-6H,7H2,1-2H3,(H,11,14). The van der Waals surface area contributed by atoms with Crippen LogP contribution in [0.1, 0.15) is 5.56 Å². The van der Waals surface area contributed by atoms with Gasteiger partial charge in [0.15, 0.2) is 0 Å². The summed E-state index contributed by atoms with van der Waals surface area (Å²) in [5.41, 5.74) is 0.881. The fourth-order valence-electron chi connectivity index (χ4n) is 1.11. The first-order chi connectivity index (χ1) is 7.67. The molecule has 0 radical (unpaired) electrons. The van der Waals surface area contributed by atoms with E-state index in [1.165, 1.54) is 7.05 Å². The number of urea groups is 1. The van der Waals surface area contributed by atoms with Crippen LogP contribution in [-0.4, -0.2) is 25.2 Å². The molecule has 0 spiro atoms. The van der Waals surface area contributed by atoms with Gasteiger partial charge in [0.2, 0.25) is 0 Å². The lowest BCUT2D eigenvalue weighted by atomic mass is 10.2. The van der Waals surface area contributed by atoms with Crippen LogP contribution in [0.25, 0.3) is 0 Å². The normalized spacial score (nSPS) is 9.38. The minimum atomic E-state index is -0.544. The van der Waals surface area contributed by atoms with Crippen LogP contribution < -0.4 is 10.1 Å². The van der Waals surface area contributed by atoms with E-state index < -0.39 is 6.03 Å². The summed E-state index contributed by atoms with van der Waals surface area (Å²) in [5.74, 6) is 0.716. The Labute approximate surface area is 93.1 Å². The molecule has 0 heterocycles. The number of rotatable bonds is 4. The lowest BCUT2D eigenvalue weighted by Crippen LogP contribution is -2.33. The highest BCUT2D eigenvalue weighted by Gasteiger charge is 2.07. The molecule has 86 valence electrons. The van der Waals surface area contributed by atoms with Crippen molar-refractivity contribution in [2.75, 3.05) is 14.2 Å². The average molecular weight is 223 g/mol. The largest absolute Gasteiger partial charge is 0.497 e. The Hall–Kier alpha value is -2.11. The Bertz CT molecular complexity index is 381. The molecule has 0 aliphatic carbocycles. The molecule has 0 atom stereocenters. The van der Waals surface area contributed by atoms with Crippen LogP contribution in [0.15, 0.2) is 29.6 Å². The molecule has 1 N–H and O–H groups in total. The van der Waals surface area contributed by atoms with E-state index in [2.05, 4.69) is 10.6 Å². The first-order valence-corrected chi connectivity index (χ1v) is 4.65. The SMILES string of the molecule is COc1cccc(CNC(=O)N(C)N=O)c1.